The quantitative estimate of drug-likeness (QED) is 0.617. The third kappa shape index (κ3) is 2.10. The molecule has 1 saturated carbocycles. The third-order valence-corrected chi connectivity index (χ3v) is 4.60. The van der Waals surface area contributed by atoms with Gasteiger partial charge >= 0.3 is 0 Å². The maximum atomic E-state index is 10.1. The van der Waals surface area contributed by atoms with Gasteiger partial charge in [-0.05, 0) is 49.9 Å². The lowest BCUT2D eigenvalue weighted by Gasteiger charge is -2.44. The van der Waals surface area contributed by atoms with Gasteiger partial charge in [0.2, 0.25) is 0 Å². The molecule has 0 aromatic carbocycles. The predicted octanol–water partition coefficient (Wildman–Crippen LogP) is 3.70. The Hall–Kier alpha value is -0.560. The summed E-state index contributed by atoms with van der Waals surface area (Å²) in [4.78, 5) is 0. The van der Waals surface area contributed by atoms with Crippen molar-refractivity contribution in [2.75, 3.05) is 0 Å². The van der Waals surface area contributed by atoms with Crippen LogP contribution in [-0.2, 0) is 0 Å². The Labute approximate surface area is 99.3 Å². The highest BCUT2D eigenvalue weighted by Gasteiger charge is 2.39. The normalized spacial score (nSPS) is 41.9. The molecule has 2 rings (SSSR count). The maximum Gasteiger partial charge on any atom is 0.0728 e. The fourth-order valence-corrected chi connectivity index (χ4v) is 3.57. The standard InChI is InChI=1S/C15H24O/c1-10-5-6-12-8-14(10)15(3,4)9-13(16)7-11(12)2/h7,12-14,16H,1,5-6,8-9H2,2-4H3/b11-7-/t12-,13-,14+/m1/s1. The summed E-state index contributed by atoms with van der Waals surface area (Å²) in [5.41, 5.74) is 2.98. The van der Waals surface area contributed by atoms with E-state index in [-0.39, 0.29) is 11.5 Å². The first-order chi connectivity index (χ1) is 7.40. The van der Waals surface area contributed by atoms with E-state index >= 15 is 0 Å². The van der Waals surface area contributed by atoms with E-state index in [1.807, 2.05) is 0 Å². The molecular weight excluding hydrogens is 196 g/mol. The summed E-state index contributed by atoms with van der Waals surface area (Å²) in [6, 6.07) is 0. The average molecular weight is 220 g/mol. The number of fused-ring (bicyclic) bond motifs is 2. The second-order valence-electron chi connectivity index (χ2n) is 6.35. The zero-order valence-electron chi connectivity index (χ0n) is 10.8. The van der Waals surface area contributed by atoms with E-state index < -0.39 is 0 Å². The molecule has 1 nitrogen and oxygen atoms in total. The molecule has 3 atom stereocenters. The maximum absolute atomic E-state index is 10.1. The van der Waals surface area contributed by atoms with Crippen LogP contribution in [0.1, 0.15) is 46.5 Å². The van der Waals surface area contributed by atoms with Gasteiger partial charge in [-0.2, -0.15) is 0 Å². The van der Waals surface area contributed by atoms with Crippen LogP contribution in [0.25, 0.3) is 0 Å². The van der Waals surface area contributed by atoms with E-state index in [0.29, 0.717) is 11.8 Å². The van der Waals surface area contributed by atoms with E-state index in [4.69, 9.17) is 0 Å². The molecule has 1 fully saturated rings. The highest BCUT2D eigenvalue weighted by atomic mass is 16.3. The highest BCUT2D eigenvalue weighted by Crippen LogP contribution is 2.48. The van der Waals surface area contributed by atoms with Gasteiger partial charge in [0, 0.05) is 0 Å². The van der Waals surface area contributed by atoms with Crippen molar-refractivity contribution >= 4 is 0 Å². The summed E-state index contributed by atoms with van der Waals surface area (Å²) in [5.74, 6) is 1.26. The van der Waals surface area contributed by atoms with Crippen LogP contribution in [0.2, 0.25) is 0 Å². The minimum atomic E-state index is -0.272. The fraction of sp³-hybridized carbons (Fsp3) is 0.733. The number of hydrogen-bond acceptors (Lipinski definition) is 1. The number of rotatable bonds is 0. The van der Waals surface area contributed by atoms with Crippen molar-refractivity contribution in [1.29, 1.82) is 0 Å². The van der Waals surface area contributed by atoms with Gasteiger partial charge in [0.15, 0.2) is 0 Å². The monoisotopic (exact) mass is 220 g/mol. The van der Waals surface area contributed by atoms with E-state index in [0.717, 1.165) is 6.42 Å². The molecule has 16 heavy (non-hydrogen) atoms. The van der Waals surface area contributed by atoms with Crippen molar-refractivity contribution in [3.05, 3.63) is 23.8 Å². The molecular formula is C15H24O. The third-order valence-electron chi connectivity index (χ3n) is 4.60. The van der Waals surface area contributed by atoms with Crippen LogP contribution in [0, 0.1) is 17.3 Å². The van der Waals surface area contributed by atoms with E-state index in [2.05, 4.69) is 33.4 Å². The minimum absolute atomic E-state index is 0.187. The SMILES string of the molecule is C=C1CC[C@@H]2C[C@@H]1C(C)(C)C[C@H](O)/C=C\2C. The summed E-state index contributed by atoms with van der Waals surface area (Å²) in [7, 11) is 0. The molecule has 1 heteroatoms. The highest BCUT2D eigenvalue weighted by molar-refractivity contribution is 5.18. The summed E-state index contributed by atoms with van der Waals surface area (Å²) in [6.45, 7) is 11.0. The van der Waals surface area contributed by atoms with Crippen LogP contribution < -0.4 is 0 Å². The first kappa shape index (κ1) is 11.9. The zero-order valence-corrected chi connectivity index (χ0v) is 10.8. The van der Waals surface area contributed by atoms with Crippen molar-refractivity contribution < 1.29 is 5.11 Å². The molecule has 0 heterocycles. The lowest BCUT2D eigenvalue weighted by atomic mass is 9.61. The smallest absolute Gasteiger partial charge is 0.0728 e. The van der Waals surface area contributed by atoms with Crippen molar-refractivity contribution in [3.63, 3.8) is 0 Å². The van der Waals surface area contributed by atoms with Crippen LogP contribution in [0.15, 0.2) is 23.8 Å². The van der Waals surface area contributed by atoms with E-state index in [1.54, 1.807) is 0 Å². The Morgan fingerprint density at radius 2 is 2.12 bits per heavy atom. The Balaban J connectivity index is 2.34. The van der Waals surface area contributed by atoms with Crippen LogP contribution in [-0.4, -0.2) is 11.2 Å². The van der Waals surface area contributed by atoms with E-state index in [9.17, 15) is 5.11 Å². The molecule has 0 spiro atoms. The molecule has 0 saturated heterocycles. The molecule has 0 radical (unpaired) electrons. The van der Waals surface area contributed by atoms with Gasteiger partial charge in [-0.3, -0.25) is 0 Å². The lowest BCUT2D eigenvalue weighted by Crippen LogP contribution is -2.35. The number of hydrogen-bond donors (Lipinski definition) is 1. The zero-order chi connectivity index (χ0) is 11.9. The average Bonchev–Trinajstić information content (AvgIpc) is 2.15. The van der Waals surface area contributed by atoms with Gasteiger partial charge in [0.1, 0.15) is 0 Å². The minimum Gasteiger partial charge on any atom is -0.389 e. The largest absolute Gasteiger partial charge is 0.389 e. The summed E-state index contributed by atoms with van der Waals surface area (Å²) < 4.78 is 0. The summed E-state index contributed by atoms with van der Waals surface area (Å²) >= 11 is 0. The van der Waals surface area contributed by atoms with Crippen molar-refractivity contribution in [2.24, 2.45) is 17.3 Å². The summed E-state index contributed by atoms with van der Waals surface area (Å²) in [5, 5.41) is 10.1. The Kier molecular flexibility index (Phi) is 3.00. The lowest BCUT2D eigenvalue weighted by molar-refractivity contribution is 0.0926. The topological polar surface area (TPSA) is 20.2 Å². The van der Waals surface area contributed by atoms with Gasteiger partial charge in [-0.25, -0.2) is 0 Å². The summed E-state index contributed by atoms with van der Waals surface area (Å²) in [6.07, 6.45) is 6.30. The molecule has 2 aliphatic rings. The molecule has 2 aliphatic carbocycles. The first-order valence-corrected chi connectivity index (χ1v) is 6.44. The molecule has 1 N–H and O–H groups in total. The Bertz CT molecular complexity index is 324. The number of allylic oxidation sites excluding steroid dienone is 2. The molecule has 0 aromatic heterocycles. The molecule has 0 aromatic rings. The van der Waals surface area contributed by atoms with Gasteiger partial charge < -0.3 is 5.11 Å². The van der Waals surface area contributed by atoms with Crippen LogP contribution >= 0.6 is 0 Å². The molecule has 90 valence electrons. The van der Waals surface area contributed by atoms with Crippen molar-refractivity contribution in [1.82, 2.24) is 0 Å². The van der Waals surface area contributed by atoms with E-state index in [1.165, 1.54) is 30.4 Å². The first-order valence-electron chi connectivity index (χ1n) is 6.44. The van der Waals surface area contributed by atoms with Gasteiger partial charge in [-0.1, -0.05) is 37.6 Å². The van der Waals surface area contributed by atoms with Gasteiger partial charge in [-0.15, -0.1) is 0 Å². The molecule has 0 aliphatic heterocycles. The predicted molar refractivity (Wildman–Crippen MR) is 68.1 cm³/mol. The second kappa shape index (κ2) is 4.03. The molecule has 0 amide bonds. The Morgan fingerprint density at radius 3 is 2.81 bits per heavy atom. The number of aliphatic hydroxyl groups excluding tert-OH is 1. The van der Waals surface area contributed by atoms with Crippen LogP contribution in [0.5, 0.6) is 0 Å². The number of aliphatic hydroxyl groups is 1. The van der Waals surface area contributed by atoms with Gasteiger partial charge in [0.25, 0.3) is 0 Å². The fourth-order valence-electron chi connectivity index (χ4n) is 3.57. The van der Waals surface area contributed by atoms with Crippen molar-refractivity contribution in [3.8, 4) is 0 Å². The van der Waals surface area contributed by atoms with Crippen LogP contribution in [0.3, 0.4) is 0 Å². The second-order valence-corrected chi connectivity index (χ2v) is 6.35. The van der Waals surface area contributed by atoms with Crippen molar-refractivity contribution in [2.45, 2.75) is 52.6 Å². The molecule has 0 unspecified atom stereocenters. The molecule has 2 bridgehead atoms. The van der Waals surface area contributed by atoms with Gasteiger partial charge in [0.05, 0.1) is 6.10 Å². The Morgan fingerprint density at radius 1 is 1.44 bits per heavy atom. The van der Waals surface area contributed by atoms with Crippen LogP contribution in [0.4, 0.5) is 0 Å².